The van der Waals surface area contributed by atoms with Crippen LogP contribution in [0.1, 0.15) is 43.0 Å². The van der Waals surface area contributed by atoms with Crippen LogP contribution in [0.4, 0.5) is 0 Å². The van der Waals surface area contributed by atoms with Gasteiger partial charge in [0.2, 0.25) is 0 Å². The van der Waals surface area contributed by atoms with E-state index >= 15 is 0 Å². The Morgan fingerprint density at radius 1 is 1.11 bits per heavy atom. The topological polar surface area (TPSA) is 29.5 Å². The second kappa shape index (κ2) is 7.29. The molecule has 0 unspecified atom stereocenters. The Balaban J connectivity index is 1.74. The second-order valence-electron chi connectivity index (χ2n) is 5.18. The van der Waals surface area contributed by atoms with Crippen LogP contribution in [-0.2, 0) is 0 Å². The van der Waals surface area contributed by atoms with Crippen molar-refractivity contribution in [2.45, 2.75) is 32.6 Å². The van der Waals surface area contributed by atoms with Crippen LogP contribution in [0.25, 0.3) is 0 Å². The molecule has 1 heterocycles. The fraction of sp³-hybridized carbons (Fsp3) is 0.562. The fourth-order valence-electron chi connectivity index (χ4n) is 2.44. The summed E-state index contributed by atoms with van der Waals surface area (Å²) in [6.07, 6.45) is 5.36. The maximum absolute atomic E-state index is 11.2. The predicted octanol–water partition coefficient (Wildman–Crippen LogP) is 3.14. The molecule has 1 aliphatic rings. The summed E-state index contributed by atoms with van der Waals surface area (Å²) >= 11 is 0. The SMILES string of the molecule is CC(=O)c1ccc(OCCN2CCCCCC2)cc1. The highest BCUT2D eigenvalue weighted by Crippen LogP contribution is 2.13. The molecule has 0 atom stereocenters. The minimum absolute atomic E-state index is 0.0936. The summed E-state index contributed by atoms with van der Waals surface area (Å²) in [4.78, 5) is 13.6. The maximum atomic E-state index is 11.2. The van der Waals surface area contributed by atoms with E-state index in [0.717, 1.165) is 24.5 Å². The zero-order valence-electron chi connectivity index (χ0n) is 11.7. The van der Waals surface area contributed by atoms with Crippen LogP contribution >= 0.6 is 0 Å². The van der Waals surface area contributed by atoms with Gasteiger partial charge in [0.25, 0.3) is 0 Å². The lowest BCUT2D eigenvalue weighted by Gasteiger charge is -2.19. The molecule has 1 aromatic carbocycles. The number of hydrogen-bond donors (Lipinski definition) is 0. The van der Waals surface area contributed by atoms with Gasteiger partial charge >= 0.3 is 0 Å². The van der Waals surface area contributed by atoms with Gasteiger partial charge in [0.1, 0.15) is 12.4 Å². The fourth-order valence-corrected chi connectivity index (χ4v) is 2.44. The number of carbonyl (C=O) groups is 1. The first-order chi connectivity index (χ1) is 9.25. The van der Waals surface area contributed by atoms with Gasteiger partial charge in [-0.15, -0.1) is 0 Å². The van der Waals surface area contributed by atoms with E-state index < -0.39 is 0 Å². The van der Waals surface area contributed by atoms with Crippen molar-refractivity contribution in [3.8, 4) is 5.75 Å². The van der Waals surface area contributed by atoms with Gasteiger partial charge in [0, 0.05) is 12.1 Å². The molecule has 104 valence electrons. The Hall–Kier alpha value is -1.35. The monoisotopic (exact) mass is 261 g/mol. The molecule has 0 spiro atoms. The van der Waals surface area contributed by atoms with Crippen molar-refractivity contribution in [2.75, 3.05) is 26.2 Å². The summed E-state index contributed by atoms with van der Waals surface area (Å²) < 4.78 is 5.73. The second-order valence-corrected chi connectivity index (χ2v) is 5.18. The zero-order valence-corrected chi connectivity index (χ0v) is 11.7. The van der Waals surface area contributed by atoms with Gasteiger partial charge in [0.05, 0.1) is 0 Å². The number of hydrogen-bond acceptors (Lipinski definition) is 3. The normalized spacial score (nSPS) is 16.9. The molecule has 0 aliphatic carbocycles. The van der Waals surface area contributed by atoms with Crippen LogP contribution in [0.5, 0.6) is 5.75 Å². The van der Waals surface area contributed by atoms with Crippen molar-refractivity contribution in [1.29, 1.82) is 0 Å². The summed E-state index contributed by atoms with van der Waals surface area (Å²) in [5.74, 6) is 0.941. The molecule has 3 nitrogen and oxygen atoms in total. The average molecular weight is 261 g/mol. The lowest BCUT2D eigenvalue weighted by Crippen LogP contribution is -2.29. The van der Waals surface area contributed by atoms with Gasteiger partial charge in [-0.3, -0.25) is 9.69 Å². The van der Waals surface area contributed by atoms with Crippen LogP contribution in [0.15, 0.2) is 24.3 Å². The number of rotatable bonds is 5. The Morgan fingerprint density at radius 2 is 1.74 bits per heavy atom. The van der Waals surface area contributed by atoms with Crippen LogP contribution in [-0.4, -0.2) is 36.9 Å². The Bertz CT molecular complexity index is 392. The molecule has 0 amide bonds. The highest BCUT2D eigenvalue weighted by atomic mass is 16.5. The number of carbonyl (C=O) groups excluding carboxylic acids is 1. The summed E-state index contributed by atoms with van der Waals surface area (Å²) in [5, 5.41) is 0. The Labute approximate surface area is 115 Å². The van der Waals surface area contributed by atoms with E-state index in [2.05, 4.69) is 4.90 Å². The molecule has 0 N–H and O–H groups in total. The van der Waals surface area contributed by atoms with E-state index in [4.69, 9.17) is 4.74 Å². The van der Waals surface area contributed by atoms with Crippen molar-refractivity contribution >= 4 is 5.78 Å². The molecule has 19 heavy (non-hydrogen) atoms. The first-order valence-corrected chi connectivity index (χ1v) is 7.22. The van der Waals surface area contributed by atoms with E-state index in [1.807, 2.05) is 24.3 Å². The van der Waals surface area contributed by atoms with Crippen LogP contribution in [0, 0.1) is 0 Å². The van der Waals surface area contributed by atoms with Gasteiger partial charge in [-0.1, -0.05) is 12.8 Å². The smallest absolute Gasteiger partial charge is 0.159 e. The third kappa shape index (κ3) is 4.67. The minimum Gasteiger partial charge on any atom is -0.492 e. The highest BCUT2D eigenvalue weighted by molar-refractivity contribution is 5.94. The number of Topliss-reactive ketones (excluding diaryl/α,β-unsaturated/α-hetero) is 1. The van der Waals surface area contributed by atoms with Gasteiger partial charge in [-0.25, -0.2) is 0 Å². The molecular formula is C16H23NO2. The van der Waals surface area contributed by atoms with E-state index in [0.29, 0.717) is 0 Å². The van der Waals surface area contributed by atoms with Crippen LogP contribution in [0.2, 0.25) is 0 Å². The van der Waals surface area contributed by atoms with Gasteiger partial charge in [-0.2, -0.15) is 0 Å². The van der Waals surface area contributed by atoms with Crippen molar-refractivity contribution in [1.82, 2.24) is 4.90 Å². The van der Waals surface area contributed by atoms with Crippen molar-refractivity contribution in [2.24, 2.45) is 0 Å². The van der Waals surface area contributed by atoms with Crippen LogP contribution in [0.3, 0.4) is 0 Å². The number of nitrogens with zero attached hydrogens (tertiary/aromatic N) is 1. The number of benzene rings is 1. The summed E-state index contributed by atoms with van der Waals surface area (Å²) in [7, 11) is 0. The molecule has 0 aromatic heterocycles. The number of likely N-dealkylation sites (tertiary alicyclic amines) is 1. The Kier molecular flexibility index (Phi) is 5.40. The van der Waals surface area contributed by atoms with E-state index in [-0.39, 0.29) is 5.78 Å². The van der Waals surface area contributed by atoms with Crippen molar-refractivity contribution in [3.05, 3.63) is 29.8 Å². The predicted molar refractivity (Wildman–Crippen MR) is 76.8 cm³/mol. The number of ether oxygens (including phenoxy) is 1. The van der Waals surface area contributed by atoms with Gasteiger partial charge in [-0.05, 0) is 57.1 Å². The first-order valence-electron chi connectivity index (χ1n) is 7.22. The molecule has 0 saturated carbocycles. The highest BCUT2D eigenvalue weighted by Gasteiger charge is 2.08. The first kappa shape index (κ1) is 14.1. The van der Waals surface area contributed by atoms with Gasteiger partial charge < -0.3 is 4.74 Å². The quantitative estimate of drug-likeness (QED) is 0.763. The molecule has 2 rings (SSSR count). The minimum atomic E-state index is 0.0936. The molecule has 1 saturated heterocycles. The number of ketones is 1. The standard InChI is InChI=1S/C16H23NO2/c1-14(18)15-6-8-16(9-7-15)19-13-12-17-10-4-2-3-5-11-17/h6-9H,2-5,10-13H2,1H3. The molecule has 0 radical (unpaired) electrons. The maximum Gasteiger partial charge on any atom is 0.159 e. The Morgan fingerprint density at radius 3 is 2.32 bits per heavy atom. The molecule has 0 bridgehead atoms. The summed E-state index contributed by atoms with van der Waals surface area (Å²) in [6, 6.07) is 7.39. The molecule has 1 aromatic rings. The van der Waals surface area contributed by atoms with Crippen molar-refractivity contribution in [3.63, 3.8) is 0 Å². The lowest BCUT2D eigenvalue weighted by molar-refractivity contribution is 0.101. The van der Waals surface area contributed by atoms with E-state index in [9.17, 15) is 4.79 Å². The zero-order chi connectivity index (χ0) is 13.5. The third-order valence-electron chi connectivity index (χ3n) is 3.64. The third-order valence-corrected chi connectivity index (χ3v) is 3.64. The average Bonchev–Trinajstić information content (AvgIpc) is 2.68. The molecule has 3 heteroatoms. The van der Waals surface area contributed by atoms with Crippen LogP contribution < -0.4 is 4.74 Å². The van der Waals surface area contributed by atoms with Gasteiger partial charge in [0.15, 0.2) is 5.78 Å². The summed E-state index contributed by atoms with van der Waals surface area (Å²) in [6.45, 7) is 5.70. The molecule has 1 aliphatic heterocycles. The molecule has 1 fully saturated rings. The van der Waals surface area contributed by atoms with E-state index in [1.165, 1.54) is 38.8 Å². The molecular weight excluding hydrogens is 238 g/mol. The summed E-state index contributed by atoms with van der Waals surface area (Å²) in [5.41, 5.74) is 0.736. The van der Waals surface area contributed by atoms with Crippen molar-refractivity contribution < 1.29 is 9.53 Å². The largest absolute Gasteiger partial charge is 0.492 e. The van der Waals surface area contributed by atoms with E-state index in [1.54, 1.807) is 6.92 Å². The lowest BCUT2D eigenvalue weighted by atomic mass is 10.1.